The number of phenolic OH excluding ortho intramolecular Hbond substituents is 1. The highest BCUT2D eigenvalue weighted by molar-refractivity contribution is 8.14. The van der Waals surface area contributed by atoms with Gasteiger partial charge in [-0.3, -0.25) is 9.79 Å². The Morgan fingerprint density at radius 3 is 2.96 bits per heavy atom. The van der Waals surface area contributed by atoms with Gasteiger partial charge in [-0.2, -0.15) is 0 Å². The van der Waals surface area contributed by atoms with Gasteiger partial charge in [0, 0.05) is 24.0 Å². The molecule has 6 heteroatoms. The summed E-state index contributed by atoms with van der Waals surface area (Å²) in [5.74, 6) is 0.777. The monoisotopic (exact) mass is 334 g/mol. The third kappa shape index (κ3) is 3.87. The van der Waals surface area contributed by atoms with Crippen LogP contribution in [0.4, 0.5) is 0 Å². The van der Waals surface area contributed by atoms with Crippen LogP contribution in [0.1, 0.15) is 32.3 Å². The number of aliphatic imine (C=N–C) groups is 1. The highest BCUT2D eigenvalue weighted by Crippen LogP contribution is 2.29. The van der Waals surface area contributed by atoms with E-state index in [1.807, 2.05) is 26.0 Å². The number of amides is 1. The molecule has 0 aromatic heterocycles. The van der Waals surface area contributed by atoms with Gasteiger partial charge in [0.2, 0.25) is 5.91 Å². The van der Waals surface area contributed by atoms with Gasteiger partial charge in [0.05, 0.1) is 5.60 Å². The Labute approximate surface area is 140 Å². The van der Waals surface area contributed by atoms with Gasteiger partial charge in [-0.05, 0) is 38.8 Å². The minimum atomic E-state index is -0.388. The number of hydrogen-bond donors (Lipinski definition) is 2. The van der Waals surface area contributed by atoms with Crippen LogP contribution in [0.5, 0.6) is 5.75 Å². The van der Waals surface area contributed by atoms with Gasteiger partial charge >= 0.3 is 0 Å². The Kier molecular flexibility index (Phi) is 4.64. The molecule has 1 aromatic carbocycles. The predicted octanol–water partition coefficient (Wildman–Crippen LogP) is 2.33. The summed E-state index contributed by atoms with van der Waals surface area (Å²) in [5, 5.41) is 13.7. The lowest BCUT2D eigenvalue weighted by atomic mass is 9.94. The molecule has 1 amide bonds. The number of carbonyl (C=O) groups is 1. The molecule has 0 spiro atoms. The van der Waals surface area contributed by atoms with Gasteiger partial charge in [0.25, 0.3) is 0 Å². The number of hydrogen-bond acceptors (Lipinski definition) is 5. The Morgan fingerprint density at radius 1 is 1.43 bits per heavy atom. The Morgan fingerprint density at radius 2 is 2.22 bits per heavy atom. The molecule has 2 aliphatic rings. The van der Waals surface area contributed by atoms with Crippen molar-refractivity contribution in [1.29, 1.82) is 0 Å². The van der Waals surface area contributed by atoms with Gasteiger partial charge in [-0.15, -0.1) is 11.8 Å². The zero-order chi connectivity index (χ0) is 16.4. The summed E-state index contributed by atoms with van der Waals surface area (Å²) < 4.78 is 5.68. The number of nitrogens with zero attached hydrogens (tertiary/aromatic N) is 1. The SMILES string of the molecule is CC1(C)C[C@H](NC(=O)[C@H]2CSC(c3ccccc3O)=N2)CCO1. The minimum Gasteiger partial charge on any atom is -0.507 e. The number of ether oxygens (including phenoxy) is 1. The Hall–Kier alpha value is -1.53. The van der Waals surface area contributed by atoms with Crippen molar-refractivity contribution >= 4 is 22.7 Å². The maximum atomic E-state index is 12.5. The topological polar surface area (TPSA) is 70.9 Å². The molecule has 0 unspecified atom stereocenters. The molecule has 0 saturated carbocycles. The number of para-hydroxylation sites is 1. The Balaban J connectivity index is 1.64. The van der Waals surface area contributed by atoms with Crippen LogP contribution in [0.25, 0.3) is 0 Å². The first-order valence-corrected chi connectivity index (χ1v) is 8.86. The van der Waals surface area contributed by atoms with E-state index in [0.717, 1.165) is 17.9 Å². The minimum absolute atomic E-state index is 0.0365. The number of nitrogens with one attached hydrogen (secondary N) is 1. The first-order chi connectivity index (χ1) is 10.9. The maximum Gasteiger partial charge on any atom is 0.245 e. The van der Waals surface area contributed by atoms with E-state index in [1.54, 1.807) is 12.1 Å². The predicted molar refractivity (Wildman–Crippen MR) is 92.1 cm³/mol. The molecule has 2 aliphatic heterocycles. The van der Waals surface area contributed by atoms with E-state index in [-0.39, 0.29) is 29.3 Å². The standard InChI is InChI=1S/C17H22N2O3S/c1-17(2)9-11(7-8-22-17)18-15(21)13-10-23-16(19-13)12-5-3-4-6-14(12)20/h3-6,11,13,20H,7-10H2,1-2H3,(H,18,21)/t11-,13-/m1/s1. The summed E-state index contributed by atoms with van der Waals surface area (Å²) >= 11 is 1.51. The molecule has 0 radical (unpaired) electrons. The lowest BCUT2D eigenvalue weighted by Crippen LogP contribution is -2.48. The fraction of sp³-hybridized carbons (Fsp3) is 0.529. The second kappa shape index (κ2) is 6.53. The van der Waals surface area contributed by atoms with Crippen LogP contribution >= 0.6 is 11.8 Å². The number of benzene rings is 1. The van der Waals surface area contributed by atoms with Crippen LogP contribution in [0.3, 0.4) is 0 Å². The van der Waals surface area contributed by atoms with E-state index in [1.165, 1.54) is 11.8 Å². The third-order valence-electron chi connectivity index (χ3n) is 4.13. The molecular weight excluding hydrogens is 312 g/mol. The second-order valence-corrected chi connectivity index (χ2v) is 7.59. The van der Waals surface area contributed by atoms with Crippen LogP contribution in [-0.2, 0) is 9.53 Å². The molecular formula is C17H22N2O3S. The van der Waals surface area contributed by atoms with Crippen LogP contribution in [0, 0.1) is 0 Å². The number of aromatic hydroxyl groups is 1. The van der Waals surface area contributed by atoms with Gasteiger partial charge in [-0.25, -0.2) is 0 Å². The molecule has 0 aliphatic carbocycles. The number of thioether (sulfide) groups is 1. The van der Waals surface area contributed by atoms with E-state index in [2.05, 4.69) is 10.3 Å². The Bertz CT molecular complexity index is 630. The first kappa shape index (κ1) is 16.3. The van der Waals surface area contributed by atoms with Crippen molar-refractivity contribution in [2.45, 2.75) is 44.4 Å². The van der Waals surface area contributed by atoms with Crippen molar-refractivity contribution in [1.82, 2.24) is 5.32 Å². The summed E-state index contributed by atoms with van der Waals surface area (Å²) in [7, 11) is 0. The molecule has 2 atom stereocenters. The number of rotatable bonds is 3. The van der Waals surface area contributed by atoms with Gasteiger partial charge in [0.1, 0.15) is 16.8 Å². The molecule has 2 heterocycles. The van der Waals surface area contributed by atoms with Crippen molar-refractivity contribution in [2.24, 2.45) is 4.99 Å². The lowest BCUT2D eigenvalue weighted by molar-refractivity contribution is -0.124. The normalized spacial score (nSPS) is 26.6. The third-order valence-corrected chi connectivity index (χ3v) is 5.21. The summed E-state index contributed by atoms with van der Waals surface area (Å²) in [6.07, 6.45) is 1.65. The molecule has 124 valence electrons. The quantitative estimate of drug-likeness (QED) is 0.890. The molecule has 23 heavy (non-hydrogen) atoms. The molecule has 5 nitrogen and oxygen atoms in total. The molecule has 1 fully saturated rings. The molecule has 1 saturated heterocycles. The summed E-state index contributed by atoms with van der Waals surface area (Å²) in [5.41, 5.74) is 0.505. The van der Waals surface area contributed by atoms with Crippen molar-refractivity contribution in [3.63, 3.8) is 0 Å². The van der Waals surface area contributed by atoms with Crippen molar-refractivity contribution in [2.75, 3.05) is 12.4 Å². The van der Waals surface area contributed by atoms with E-state index >= 15 is 0 Å². The average molecular weight is 334 g/mol. The maximum absolute atomic E-state index is 12.5. The van der Waals surface area contributed by atoms with E-state index in [4.69, 9.17) is 4.74 Å². The van der Waals surface area contributed by atoms with Crippen LogP contribution in [0.2, 0.25) is 0 Å². The highest BCUT2D eigenvalue weighted by Gasteiger charge is 2.32. The van der Waals surface area contributed by atoms with Crippen molar-refractivity contribution in [3.8, 4) is 5.75 Å². The zero-order valence-electron chi connectivity index (χ0n) is 13.4. The lowest BCUT2D eigenvalue weighted by Gasteiger charge is -2.36. The van der Waals surface area contributed by atoms with Gasteiger partial charge in [0.15, 0.2) is 0 Å². The molecule has 1 aromatic rings. The fourth-order valence-electron chi connectivity index (χ4n) is 2.96. The summed E-state index contributed by atoms with van der Waals surface area (Å²) in [6.45, 7) is 4.76. The summed E-state index contributed by atoms with van der Waals surface area (Å²) in [4.78, 5) is 16.9. The van der Waals surface area contributed by atoms with E-state index < -0.39 is 0 Å². The molecule has 3 rings (SSSR count). The zero-order valence-corrected chi connectivity index (χ0v) is 14.2. The molecule has 0 bridgehead atoms. The van der Waals surface area contributed by atoms with E-state index in [9.17, 15) is 9.90 Å². The van der Waals surface area contributed by atoms with Crippen molar-refractivity contribution in [3.05, 3.63) is 29.8 Å². The summed E-state index contributed by atoms with van der Waals surface area (Å²) in [6, 6.07) is 6.84. The van der Waals surface area contributed by atoms with Gasteiger partial charge in [-0.1, -0.05) is 12.1 Å². The smallest absolute Gasteiger partial charge is 0.245 e. The number of phenols is 1. The largest absolute Gasteiger partial charge is 0.507 e. The highest BCUT2D eigenvalue weighted by atomic mass is 32.2. The van der Waals surface area contributed by atoms with Gasteiger partial charge < -0.3 is 15.2 Å². The average Bonchev–Trinajstić information content (AvgIpc) is 2.96. The first-order valence-electron chi connectivity index (χ1n) is 7.88. The second-order valence-electron chi connectivity index (χ2n) is 6.58. The van der Waals surface area contributed by atoms with Crippen LogP contribution < -0.4 is 5.32 Å². The number of carbonyl (C=O) groups excluding carboxylic acids is 1. The van der Waals surface area contributed by atoms with Crippen LogP contribution in [-0.4, -0.2) is 46.1 Å². The van der Waals surface area contributed by atoms with Crippen molar-refractivity contribution < 1.29 is 14.6 Å². The van der Waals surface area contributed by atoms with Crippen LogP contribution in [0.15, 0.2) is 29.3 Å². The van der Waals surface area contributed by atoms with E-state index in [0.29, 0.717) is 17.9 Å². The fourth-order valence-corrected chi connectivity index (χ4v) is 4.03. The molecule has 2 N–H and O–H groups in total.